The van der Waals surface area contributed by atoms with Gasteiger partial charge in [-0.2, -0.15) is 0 Å². The summed E-state index contributed by atoms with van der Waals surface area (Å²) in [6, 6.07) is 5.83. The van der Waals surface area contributed by atoms with Crippen molar-refractivity contribution in [2.24, 2.45) is 5.73 Å². The number of nitrogens with one attached hydrogen (secondary N) is 1. The molecule has 1 atom stereocenters. The van der Waals surface area contributed by atoms with Gasteiger partial charge in [-0.15, -0.1) is 11.3 Å². The minimum atomic E-state index is -0.468. The highest BCUT2D eigenvalue weighted by molar-refractivity contribution is 7.17. The van der Waals surface area contributed by atoms with Crippen molar-refractivity contribution >= 4 is 28.2 Å². The standard InChI is InChI=1S/C22H27N3O4S/c1-28-13-8-9-17(29-2)15(11-13)16-6-4-10-25(16)12-19(26)24-22-20(21(23)27)14-5-3-7-18(14)30-22/h8-9,11,16H,3-7,10,12H2,1-2H3,(H2,23,27)(H,24,26)/t16-/m0/s1. The number of carbonyl (C=O) groups is 2. The number of nitrogens with two attached hydrogens (primary N) is 1. The van der Waals surface area contributed by atoms with Crippen molar-refractivity contribution in [3.05, 3.63) is 39.8 Å². The first-order valence-electron chi connectivity index (χ1n) is 10.2. The van der Waals surface area contributed by atoms with Crippen molar-refractivity contribution in [1.29, 1.82) is 0 Å². The molecule has 2 aliphatic rings. The second-order valence-corrected chi connectivity index (χ2v) is 8.82. The van der Waals surface area contributed by atoms with Gasteiger partial charge in [-0.25, -0.2) is 0 Å². The quantitative estimate of drug-likeness (QED) is 0.705. The van der Waals surface area contributed by atoms with Crippen LogP contribution in [0.1, 0.15) is 51.7 Å². The van der Waals surface area contributed by atoms with Gasteiger partial charge in [-0.1, -0.05) is 0 Å². The normalized spacial score (nSPS) is 18.3. The lowest BCUT2D eigenvalue weighted by molar-refractivity contribution is -0.117. The van der Waals surface area contributed by atoms with Crippen molar-refractivity contribution in [2.75, 3.05) is 32.6 Å². The number of ether oxygens (including phenoxy) is 2. The van der Waals surface area contributed by atoms with Crippen LogP contribution in [0.25, 0.3) is 0 Å². The molecule has 8 heteroatoms. The van der Waals surface area contributed by atoms with E-state index in [0.29, 0.717) is 10.6 Å². The maximum Gasteiger partial charge on any atom is 0.251 e. The summed E-state index contributed by atoms with van der Waals surface area (Å²) >= 11 is 1.48. The number of benzene rings is 1. The van der Waals surface area contributed by atoms with Crippen LogP contribution >= 0.6 is 11.3 Å². The third kappa shape index (κ3) is 3.89. The largest absolute Gasteiger partial charge is 0.497 e. The number of amides is 2. The molecule has 0 radical (unpaired) electrons. The van der Waals surface area contributed by atoms with Gasteiger partial charge in [0.15, 0.2) is 0 Å². The van der Waals surface area contributed by atoms with Gasteiger partial charge in [0.2, 0.25) is 5.91 Å². The number of likely N-dealkylation sites (tertiary alicyclic amines) is 1. The molecule has 160 valence electrons. The minimum Gasteiger partial charge on any atom is -0.497 e. The van der Waals surface area contributed by atoms with Crippen LogP contribution in [0.2, 0.25) is 0 Å². The Labute approximate surface area is 180 Å². The van der Waals surface area contributed by atoms with Gasteiger partial charge in [0, 0.05) is 16.5 Å². The first kappa shape index (κ1) is 20.7. The first-order valence-corrected chi connectivity index (χ1v) is 11.0. The molecule has 1 aromatic carbocycles. The molecular formula is C22H27N3O4S. The molecule has 2 aromatic rings. The number of thiophene rings is 1. The van der Waals surface area contributed by atoms with Gasteiger partial charge in [0.25, 0.3) is 5.91 Å². The number of hydrogen-bond donors (Lipinski definition) is 2. The number of rotatable bonds is 7. The van der Waals surface area contributed by atoms with E-state index >= 15 is 0 Å². The molecule has 7 nitrogen and oxygen atoms in total. The molecule has 3 N–H and O–H groups in total. The van der Waals surface area contributed by atoms with Gasteiger partial charge in [-0.3, -0.25) is 14.5 Å². The van der Waals surface area contributed by atoms with E-state index in [1.54, 1.807) is 14.2 Å². The Morgan fingerprint density at radius 1 is 1.23 bits per heavy atom. The number of aryl methyl sites for hydroxylation is 1. The lowest BCUT2D eigenvalue weighted by Crippen LogP contribution is -2.33. The van der Waals surface area contributed by atoms with E-state index in [1.165, 1.54) is 16.2 Å². The topological polar surface area (TPSA) is 93.9 Å². The van der Waals surface area contributed by atoms with E-state index in [9.17, 15) is 9.59 Å². The van der Waals surface area contributed by atoms with Crippen LogP contribution in [0.4, 0.5) is 5.00 Å². The number of anilines is 1. The fraction of sp³-hybridized carbons (Fsp3) is 0.455. The van der Waals surface area contributed by atoms with Crippen LogP contribution in [0.15, 0.2) is 18.2 Å². The zero-order valence-corrected chi connectivity index (χ0v) is 18.1. The number of fused-ring (bicyclic) bond motifs is 1. The summed E-state index contributed by atoms with van der Waals surface area (Å²) < 4.78 is 10.9. The molecule has 1 aromatic heterocycles. The van der Waals surface area contributed by atoms with Gasteiger partial charge < -0.3 is 20.5 Å². The van der Waals surface area contributed by atoms with Gasteiger partial charge in [0.1, 0.15) is 16.5 Å². The van der Waals surface area contributed by atoms with Gasteiger partial charge >= 0.3 is 0 Å². The van der Waals surface area contributed by atoms with Crippen LogP contribution in [-0.4, -0.2) is 44.0 Å². The smallest absolute Gasteiger partial charge is 0.251 e. The SMILES string of the molecule is COc1ccc(OC)c([C@@H]2CCCN2CC(=O)Nc2sc3c(c2C(N)=O)CCC3)c1. The molecular weight excluding hydrogens is 402 g/mol. The molecule has 0 spiro atoms. The molecule has 2 amide bonds. The average Bonchev–Trinajstić information content (AvgIpc) is 3.43. The molecule has 0 bridgehead atoms. The highest BCUT2D eigenvalue weighted by Crippen LogP contribution is 2.40. The van der Waals surface area contributed by atoms with Crippen molar-refractivity contribution in [3.63, 3.8) is 0 Å². The van der Waals surface area contributed by atoms with E-state index in [-0.39, 0.29) is 18.5 Å². The molecule has 4 rings (SSSR count). The molecule has 1 aliphatic carbocycles. The Morgan fingerprint density at radius 3 is 2.80 bits per heavy atom. The van der Waals surface area contributed by atoms with Crippen molar-refractivity contribution < 1.29 is 19.1 Å². The van der Waals surface area contributed by atoms with Crippen LogP contribution in [0.5, 0.6) is 11.5 Å². The summed E-state index contributed by atoms with van der Waals surface area (Å²) in [6.07, 6.45) is 4.77. The van der Waals surface area contributed by atoms with Crippen LogP contribution in [0.3, 0.4) is 0 Å². The second kappa shape index (κ2) is 8.65. The predicted molar refractivity (Wildman–Crippen MR) is 117 cm³/mol. The third-order valence-corrected chi connectivity index (χ3v) is 7.13. The highest BCUT2D eigenvalue weighted by atomic mass is 32.1. The summed E-state index contributed by atoms with van der Waals surface area (Å²) in [7, 11) is 3.29. The summed E-state index contributed by atoms with van der Waals surface area (Å²) in [5.41, 5.74) is 8.14. The predicted octanol–water partition coefficient (Wildman–Crippen LogP) is 3.13. The Hall–Kier alpha value is -2.58. The maximum atomic E-state index is 12.9. The van der Waals surface area contributed by atoms with Crippen molar-refractivity contribution in [2.45, 2.75) is 38.1 Å². The monoisotopic (exact) mass is 429 g/mol. The highest BCUT2D eigenvalue weighted by Gasteiger charge is 2.31. The van der Waals surface area contributed by atoms with Crippen molar-refractivity contribution in [1.82, 2.24) is 4.90 Å². The van der Waals surface area contributed by atoms with E-state index in [2.05, 4.69) is 10.2 Å². The summed E-state index contributed by atoms with van der Waals surface area (Å²) in [5.74, 6) is 0.955. The Balaban J connectivity index is 1.51. The average molecular weight is 430 g/mol. The number of methoxy groups -OCH3 is 2. The maximum absolute atomic E-state index is 12.9. The Morgan fingerprint density at radius 2 is 2.07 bits per heavy atom. The molecule has 30 heavy (non-hydrogen) atoms. The molecule has 0 unspecified atom stereocenters. The first-order chi connectivity index (χ1) is 14.5. The number of nitrogens with zero attached hydrogens (tertiary/aromatic N) is 1. The van der Waals surface area contributed by atoms with Crippen molar-refractivity contribution in [3.8, 4) is 11.5 Å². The fourth-order valence-corrected chi connectivity index (χ4v) is 5.88. The van der Waals surface area contributed by atoms with Crippen LogP contribution in [-0.2, 0) is 17.6 Å². The second-order valence-electron chi connectivity index (χ2n) is 7.71. The number of hydrogen-bond acceptors (Lipinski definition) is 6. The van der Waals surface area contributed by atoms with E-state index in [1.807, 2.05) is 18.2 Å². The Kier molecular flexibility index (Phi) is 5.97. The van der Waals surface area contributed by atoms with E-state index in [4.69, 9.17) is 15.2 Å². The third-order valence-electron chi connectivity index (χ3n) is 5.93. The molecule has 1 fully saturated rings. The lowest BCUT2D eigenvalue weighted by atomic mass is 10.0. The molecule has 0 saturated carbocycles. The number of carbonyl (C=O) groups excluding carboxylic acids is 2. The summed E-state index contributed by atoms with van der Waals surface area (Å²) in [6.45, 7) is 1.06. The fourth-order valence-electron chi connectivity index (χ4n) is 4.57. The zero-order chi connectivity index (χ0) is 21.3. The number of primary amides is 1. The zero-order valence-electron chi connectivity index (χ0n) is 17.3. The minimum absolute atomic E-state index is 0.0738. The van der Waals surface area contributed by atoms with Gasteiger partial charge in [0.05, 0.1) is 26.3 Å². The van der Waals surface area contributed by atoms with Crippen LogP contribution in [0, 0.1) is 0 Å². The van der Waals surface area contributed by atoms with E-state index in [0.717, 1.165) is 61.3 Å². The van der Waals surface area contributed by atoms with Gasteiger partial charge in [-0.05, 0) is 62.4 Å². The summed E-state index contributed by atoms with van der Waals surface area (Å²) in [5, 5.41) is 3.54. The molecule has 1 saturated heterocycles. The lowest BCUT2D eigenvalue weighted by Gasteiger charge is -2.26. The van der Waals surface area contributed by atoms with Crippen LogP contribution < -0.4 is 20.5 Å². The van der Waals surface area contributed by atoms with E-state index < -0.39 is 5.91 Å². The Bertz CT molecular complexity index is 972. The summed E-state index contributed by atoms with van der Waals surface area (Å²) in [4.78, 5) is 28.2. The molecule has 1 aliphatic heterocycles. The molecule has 2 heterocycles.